The maximum absolute atomic E-state index is 13.9. The van der Waals surface area contributed by atoms with Crippen molar-refractivity contribution < 1.29 is 9.59 Å². The third-order valence-corrected chi connectivity index (χ3v) is 7.14. The Kier molecular flexibility index (Phi) is 6.80. The summed E-state index contributed by atoms with van der Waals surface area (Å²) in [4.78, 5) is 29.6. The molecule has 0 spiro atoms. The van der Waals surface area contributed by atoms with Crippen LogP contribution in [-0.2, 0) is 9.59 Å². The lowest BCUT2D eigenvalue weighted by molar-refractivity contribution is -0.119. The third-order valence-electron chi connectivity index (χ3n) is 7.14. The number of carbonyl (C=O) groups is 2. The van der Waals surface area contributed by atoms with E-state index in [-0.39, 0.29) is 17.6 Å². The number of benzene rings is 3. The Morgan fingerprint density at radius 3 is 2.23 bits per heavy atom. The van der Waals surface area contributed by atoms with Gasteiger partial charge in [-0.25, -0.2) is 0 Å². The van der Waals surface area contributed by atoms with Crippen LogP contribution in [-0.4, -0.2) is 11.7 Å². The van der Waals surface area contributed by atoms with Gasteiger partial charge < -0.3 is 5.32 Å². The first kappa shape index (κ1) is 23.1. The van der Waals surface area contributed by atoms with Gasteiger partial charge in [-0.05, 0) is 42.0 Å². The Balaban J connectivity index is 1.65. The lowest BCUT2D eigenvalue weighted by atomic mass is 9.78. The van der Waals surface area contributed by atoms with Gasteiger partial charge in [0, 0.05) is 24.1 Å². The van der Waals surface area contributed by atoms with E-state index in [0.29, 0.717) is 12.8 Å². The van der Waals surface area contributed by atoms with Crippen molar-refractivity contribution in [3.63, 3.8) is 0 Å². The van der Waals surface area contributed by atoms with Gasteiger partial charge in [-0.3, -0.25) is 14.5 Å². The number of unbranched alkanes of at least 4 members (excludes halogenated alkanes) is 2. The fourth-order valence-corrected chi connectivity index (χ4v) is 5.42. The van der Waals surface area contributed by atoms with Gasteiger partial charge >= 0.3 is 0 Å². The molecular weight excluding hydrogens is 432 g/mol. The van der Waals surface area contributed by atoms with Crippen molar-refractivity contribution in [3.05, 3.63) is 107 Å². The second kappa shape index (κ2) is 10.3. The quantitative estimate of drug-likeness (QED) is 0.394. The molecule has 0 saturated carbocycles. The summed E-state index contributed by atoms with van der Waals surface area (Å²) in [6.45, 7) is 2.14. The Morgan fingerprint density at radius 2 is 1.51 bits per heavy atom. The van der Waals surface area contributed by atoms with Crippen LogP contribution < -0.4 is 10.2 Å². The molecule has 1 aliphatic heterocycles. The van der Waals surface area contributed by atoms with Crippen molar-refractivity contribution in [2.75, 3.05) is 10.2 Å². The Labute approximate surface area is 207 Å². The number of amides is 1. The van der Waals surface area contributed by atoms with Crippen LogP contribution in [0.25, 0.3) is 0 Å². The van der Waals surface area contributed by atoms with Crippen LogP contribution in [0.4, 0.5) is 11.4 Å². The Bertz CT molecular complexity index is 1230. The van der Waals surface area contributed by atoms with Gasteiger partial charge in [0.25, 0.3) is 0 Å². The molecule has 1 heterocycles. The van der Waals surface area contributed by atoms with Crippen LogP contribution in [0.15, 0.2) is 96.2 Å². The summed E-state index contributed by atoms with van der Waals surface area (Å²) < 4.78 is 0. The van der Waals surface area contributed by atoms with E-state index >= 15 is 0 Å². The van der Waals surface area contributed by atoms with Crippen LogP contribution in [0.2, 0.25) is 0 Å². The van der Waals surface area contributed by atoms with Gasteiger partial charge in [0.1, 0.15) is 0 Å². The first-order valence-electron chi connectivity index (χ1n) is 12.7. The molecule has 3 aromatic carbocycles. The number of rotatable bonds is 6. The first-order chi connectivity index (χ1) is 17.2. The average Bonchev–Trinajstić information content (AvgIpc) is 3.04. The number of para-hydroxylation sites is 2. The van der Waals surface area contributed by atoms with Crippen LogP contribution in [0.3, 0.4) is 0 Å². The van der Waals surface area contributed by atoms with Crippen molar-refractivity contribution in [3.8, 4) is 0 Å². The van der Waals surface area contributed by atoms with Crippen molar-refractivity contribution in [1.82, 2.24) is 0 Å². The van der Waals surface area contributed by atoms with Crippen LogP contribution in [0, 0.1) is 0 Å². The lowest BCUT2D eigenvalue weighted by Crippen LogP contribution is -2.38. The van der Waals surface area contributed by atoms with Gasteiger partial charge in [-0.1, -0.05) is 92.6 Å². The summed E-state index contributed by atoms with van der Waals surface area (Å²) >= 11 is 0. The van der Waals surface area contributed by atoms with E-state index in [1.807, 2.05) is 77.7 Å². The molecule has 178 valence electrons. The Morgan fingerprint density at radius 1 is 0.857 bits per heavy atom. The first-order valence-corrected chi connectivity index (χ1v) is 12.7. The smallest absolute Gasteiger partial charge is 0.227 e. The number of Topliss-reactive ketones (excluding diaryl/α,β-unsaturated/α-hetero) is 1. The molecule has 0 unspecified atom stereocenters. The number of nitrogens with one attached hydrogen (secondary N) is 1. The molecule has 0 aromatic heterocycles. The Hall–Kier alpha value is -3.66. The summed E-state index contributed by atoms with van der Waals surface area (Å²) in [6, 6.07) is 27.8. The number of anilines is 2. The monoisotopic (exact) mass is 464 g/mol. The highest BCUT2D eigenvalue weighted by atomic mass is 16.2. The van der Waals surface area contributed by atoms with Crippen molar-refractivity contribution in [2.45, 2.75) is 57.4 Å². The van der Waals surface area contributed by atoms with E-state index in [2.05, 4.69) is 24.4 Å². The summed E-state index contributed by atoms with van der Waals surface area (Å²) in [6.07, 6.45) is 4.57. The minimum atomic E-state index is -0.444. The summed E-state index contributed by atoms with van der Waals surface area (Å²) in [5.41, 5.74) is 5.51. The molecular formula is C31H32N2O2. The largest absolute Gasteiger partial charge is 0.357 e. The van der Waals surface area contributed by atoms with E-state index in [9.17, 15) is 9.59 Å². The highest BCUT2D eigenvalue weighted by Crippen LogP contribution is 2.47. The van der Waals surface area contributed by atoms with Crippen LogP contribution >= 0.6 is 0 Å². The van der Waals surface area contributed by atoms with Gasteiger partial charge in [-0.15, -0.1) is 0 Å². The summed E-state index contributed by atoms with van der Waals surface area (Å²) in [5, 5.41) is 3.61. The third kappa shape index (κ3) is 4.66. The lowest BCUT2D eigenvalue weighted by Gasteiger charge is -2.35. The average molecular weight is 465 g/mol. The number of carbonyl (C=O) groups excluding carboxylic acids is 2. The molecule has 0 saturated heterocycles. The molecule has 3 aromatic rings. The zero-order valence-corrected chi connectivity index (χ0v) is 20.2. The number of allylic oxidation sites excluding steroid dienone is 1. The second-order valence-electron chi connectivity index (χ2n) is 9.51. The fraction of sp³-hybridized carbons (Fsp3) is 0.290. The standard InChI is InChI=1S/C31H32N2O2/c1-2-3-6-19-29(35)33-27-18-12-11-17-25(27)32-26-20-24(22-13-7-4-8-14-22)21-28(34)30(26)31(33)23-15-9-5-10-16-23/h4-5,7-18,24,31-32H,2-3,6,19-21H2,1H3/t24-,31-/m1/s1. The maximum Gasteiger partial charge on any atom is 0.227 e. The van der Waals surface area contributed by atoms with Gasteiger partial charge in [-0.2, -0.15) is 0 Å². The summed E-state index contributed by atoms with van der Waals surface area (Å²) in [7, 11) is 0. The second-order valence-corrected chi connectivity index (χ2v) is 9.51. The van der Waals surface area contributed by atoms with Crippen LogP contribution in [0.5, 0.6) is 0 Å². The number of nitrogens with zero attached hydrogens (tertiary/aromatic N) is 1. The predicted octanol–water partition coefficient (Wildman–Crippen LogP) is 7.17. The SMILES string of the molecule is CCCCCC(=O)N1c2ccccc2NC2=C(C(=O)C[C@H](c3ccccc3)C2)[C@H]1c1ccccc1. The van der Waals surface area contributed by atoms with E-state index in [4.69, 9.17) is 0 Å². The van der Waals surface area contributed by atoms with Crippen LogP contribution in [0.1, 0.15) is 68.5 Å². The van der Waals surface area contributed by atoms with Crippen molar-refractivity contribution >= 4 is 23.1 Å². The molecule has 4 heteroatoms. The predicted molar refractivity (Wildman–Crippen MR) is 141 cm³/mol. The van der Waals surface area contributed by atoms with Gasteiger partial charge in [0.15, 0.2) is 5.78 Å². The van der Waals surface area contributed by atoms with E-state index in [1.54, 1.807) is 0 Å². The minimum Gasteiger partial charge on any atom is -0.357 e. The minimum absolute atomic E-state index is 0.0632. The molecule has 2 atom stereocenters. The number of hydrogen-bond acceptors (Lipinski definition) is 3. The molecule has 0 fully saturated rings. The highest BCUT2D eigenvalue weighted by Gasteiger charge is 2.41. The van der Waals surface area contributed by atoms with Crippen molar-refractivity contribution in [2.24, 2.45) is 0 Å². The number of ketones is 1. The molecule has 1 N–H and O–H groups in total. The molecule has 1 amide bonds. The number of fused-ring (bicyclic) bond motifs is 1. The van der Waals surface area contributed by atoms with Gasteiger partial charge in [0.05, 0.1) is 17.4 Å². The normalized spacial score (nSPS) is 19.5. The van der Waals surface area contributed by atoms with E-state index in [1.165, 1.54) is 5.56 Å². The molecule has 35 heavy (non-hydrogen) atoms. The molecule has 5 rings (SSSR count). The van der Waals surface area contributed by atoms with Crippen molar-refractivity contribution in [1.29, 1.82) is 0 Å². The maximum atomic E-state index is 13.9. The topological polar surface area (TPSA) is 49.4 Å². The zero-order chi connectivity index (χ0) is 24.2. The molecule has 0 bridgehead atoms. The molecule has 1 aliphatic carbocycles. The highest BCUT2D eigenvalue weighted by molar-refractivity contribution is 6.06. The molecule has 2 aliphatic rings. The summed E-state index contributed by atoms with van der Waals surface area (Å²) in [5.74, 6) is 0.291. The molecule has 4 nitrogen and oxygen atoms in total. The van der Waals surface area contributed by atoms with E-state index < -0.39 is 6.04 Å². The fourth-order valence-electron chi connectivity index (χ4n) is 5.42. The molecule has 0 radical (unpaired) electrons. The zero-order valence-electron chi connectivity index (χ0n) is 20.2. The number of hydrogen-bond donors (Lipinski definition) is 1. The van der Waals surface area contributed by atoms with E-state index in [0.717, 1.165) is 53.9 Å². The van der Waals surface area contributed by atoms with Gasteiger partial charge in [0.2, 0.25) is 5.91 Å².